The van der Waals surface area contributed by atoms with Crippen molar-refractivity contribution in [2.75, 3.05) is 6.61 Å². The molecule has 0 heterocycles. The van der Waals surface area contributed by atoms with Gasteiger partial charge in [0.25, 0.3) is 0 Å². The molecule has 0 unspecified atom stereocenters. The Morgan fingerprint density at radius 1 is 1.38 bits per heavy atom. The molecule has 0 radical (unpaired) electrons. The predicted molar refractivity (Wildman–Crippen MR) is 55.6 cm³/mol. The van der Waals surface area contributed by atoms with Gasteiger partial charge in [-0.25, -0.2) is 0 Å². The number of ether oxygens (including phenoxy) is 1. The molecule has 72 valence electrons. The molecular formula is C9H11Cl2NO. The average molecular weight is 220 g/mol. The van der Waals surface area contributed by atoms with Gasteiger partial charge in [-0.05, 0) is 19.1 Å². The summed E-state index contributed by atoms with van der Waals surface area (Å²) in [5.74, 6) is 0.503. The van der Waals surface area contributed by atoms with Crippen molar-refractivity contribution >= 4 is 23.2 Å². The van der Waals surface area contributed by atoms with Crippen LogP contribution >= 0.6 is 23.2 Å². The van der Waals surface area contributed by atoms with Crippen molar-refractivity contribution in [3.8, 4) is 5.75 Å². The van der Waals surface area contributed by atoms with Crippen LogP contribution in [0.15, 0.2) is 18.2 Å². The van der Waals surface area contributed by atoms with Gasteiger partial charge in [0.05, 0.1) is 10.0 Å². The molecule has 4 heteroatoms. The van der Waals surface area contributed by atoms with E-state index in [2.05, 4.69) is 0 Å². The van der Waals surface area contributed by atoms with Gasteiger partial charge in [0.15, 0.2) is 5.75 Å². The van der Waals surface area contributed by atoms with Crippen molar-refractivity contribution < 1.29 is 4.74 Å². The first-order chi connectivity index (χ1) is 6.11. The van der Waals surface area contributed by atoms with Gasteiger partial charge in [-0.3, -0.25) is 0 Å². The lowest BCUT2D eigenvalue weighted by molar-refractivity contribution is 0.296. The number of hydrogen-bond donors (Lipinski definition) is 1. The second kappa shape index (κ2) is 4.70. The Labute approximate surface area is 87.6 Å². The van der Waals surface area contributed by atoms with E-state index in [0.29, 0.717) is 22.4 Å². The summed E-state index contributed by atoms with van der Waals surface area (Å²) < 4.78 is 5.34. The molecule has 0 aliphatic carbocycles. The zero-order valence-corrected chi connectivity index (χ0v) is 8.77. The maximum atomic E-state index is 5.86. The molecule has 1 rings (SSSR count). The highest BCUT2D eigenvalue weighted by molar-refractivity contribution is 6.37. The van der Waals surface area contributed by atoms with Crippen LogP contribution in [0.1, 0.15) is 6.92 Å². The molecule has 0 aliphatic heterocycles. The Morgan fingerprint density at radius 3 is 2.38 bits per heavy atom. The Balaban J connectivity index is 2.75. The fraction of sp³-hybridized carbons (Fsp3) is 0.333. The molecule has 2 N–H and O–H groups in total. The van der Waals surface area contributed by atoms with Gasteiger partial charge in [-0.15, -0.1) is 0 Å². The molecule has 2 nitrogen and oxygen atoms in total. The van der Waals surface area contributed by atoms with Crippen molar-refractivity contribution in [1.29, 1.82) is 0 Å². The van der Waals surface area contributed by atoms with Gasteiger partial charge in [-0.1, -0.05) is 29.3 Å². The molecular weight excluding hydrogens is 209 g/mol. The molecule has 0 saturated heterocycles. The molecule has 0 amide bonds. The lowest BCUT2D eigenvalue weighted by atomic mass is 10.3. The minimum atomic E-state index is -0.0349. The molecule has 1 aromatic carbocycles. The van der Waals surface area contributed by atoms with Crippen molar-refractivity contribution in [3.63, 3.8) is 0 Å². The van der Waals surface area contributed by atoms with E-state index in [4.69, 9.17) is 33.7 Å². The lowest BCUT2D eigenvalue weighted by Gasteiger charge is -2.11. The van der Waals surface area contributed by atoms with Gasteiger partial charge < -0.3 is 10.5 Å². The third-order valence-corrected chi connectivity index (χ3v) is 2.00. The van der Waals surface area contributed by atoms with Crippen LogP contribution in [0.5, 0.6) is 5.75 Å². The Morgan fingerprint density at radius 2 is 1.92 bits per heavy atom. The summed E-state index contributed by atoms with van der Waals surface area (Å²) in [6, 6.07) is 5.18. The van der Waals surface area contributed by atoms with Crippen LogP contribution in [0.3, 0.4) is 0 Å². The maximum absolute atomic E-state index is 5.86. The number of para-hydroxylation sites is 1. The summed E-state index contributed by atoms with van der Waals surface area (Å²) >= 11 is 11.7. The average Bonchev–Trinajstić information content (AvgIpc) is 2.03. The number of nitrogens with two attached hydrogens (primary N) is 1. The molecule has 0 saturated carbocycles. The van der Waals surface area contributed by atoms with Gasteiger partial charge in [-0.2, -0.15) is 0 Å². The number of rotatable bonds is 3. The van der Waals surface area contributed by atoms with Crippen LogP contribution in [0.4, 0.5) is 0 Å². The topological polar surface area (TPSA) is 35.2 Å². The van der Waals surface area contributed by atoms with E-state index >= 15 is 0 Å². The molecule has 0 aliphatic rings. The van der Waals surface area contributed by atoms with E-state index in [-0.39, 0.29) is 6.04 Å². The van der Waals surface area contributed by atoms with Crippen molar-refractivity contribution in [2.24, 2.45) is 5.73 Å². The smallest absolute Gasteiger partial charge is 0.156 e. The summed E-state index contributed by atoms with van der Waals surface area (Å²) in [6.45, 7) is 2.26. The van der Waals surface area contributed by atoms with E-state index in [1.165, 1.54) is 0 Å². The third kappa shape index (κ3) is 3.07. The zero-order valence-electron chi connectivity index (χ0n) is 7.26. The van der Waals surface area contributed by atoms with Crippen LogP contribution in [-0.2, 0) is 0 Å². The van der Waals surface area contributed by atoms with Crippen LogP contribution in [0.25, 0.3) is 0 Å². The van der Waals surface area contributed by atoms with Crippen LogP contribution < -0.4 is 10.5 Å². The van der Waals surface area contributed by atoms with E-state index in [9.17, 15) is 0 Å². The van der Waals surface area contributed by atoms with E-state index < -0.39 is 0 Å². The fourth-order valence-electron chi connectivity index (χ4n) is 0.835. The standard InChI is InChI=1S/C9H11Cl2NO/c1-6(12)5-13-9-7(10)3-2-4-8(9)11/h2-4,6H,5,12H2,1H3/t6-/m1/s1. The molecule has 1 aromatic rings. The molecule has 0 spiro atoms. The van der Waals surface area contributed by atoms with Gasteiger partial charge in [0.1, 0.15) is 6.61 Å². The van der Waals surface area contributed by atoms with Crippen molar-refractivity contribution in [3.05, 3.63) is 28.2 Å². The second-order valence-corrected chi connectivity index (χ2v) is 3.65. The quantitative estimate of drug-likeness (QED) is 0.849. The molecule has 0 fully saturated rings. The first-order valence-electron chi connectivity index (χ1n) is 3.93. The molecule has 13 heavy (non-hydrogen) atoms. The zero-order chi connectivity index (χ0) is 9.84. The first-order valence-corrected chi connectivity index (χ1v) is 4.69. The normalized spacial score (nSPS) is 12.6. The molecule has 0 aromatic heterocycles. The number of benzene rings is 1. The van der Waals surface area contributed by atoms with Crippen molar-refractivity contribution in [1.82, 2.24) is 0 Å². The first kappa shape index (κ1) is 10.6. The Hall–Kier alpha value is -0.440. The van der Waals surface area contributed by atoms with Gasteiger partial charge >= 0.3 is 0 Å². The third-order valence-electron chi connectivity index (χ3n) is 1.41. The van der Waals surface area contributed by atoms with Gasteiger partial charge in [0, 0.05) is 6.04 Å². The number of hydrogen-bond acceptors (Lipinski definition) is 2. The monoisotopic (exact) mass is 219 g/mol. The Kier molecular flexibility index (Phi) is 3.85. The highest BCUT2D eigenvalue weighted by atomic mass is 35.5. The molecule has 0 bridgehead atoms. The minimum Gasteiger partial charge on any atom is -0.489 e. The van der Waals surface area contributed by atoms with Gasteiger partial charge in [0.2, 0.25) is 0 Å². The summed E-state index contributed by atoms with van der Waals surface area (Å²) in [5, 5.41) is 1.02. The summed E-state index contributed by atoms with van der Waals surface area (Å²) in [7, 11) is 0. The maximum Gasteiger partial charge on any atom is 0.156 e. The summed E-state index contributed by atoms with van der Waals surface area (Å²) in [4.78, 5) is 0. The van der Waals surface area contributed by atoms with E-state index in [0.717, 1.165) is 0 Å². The van der Waals surface area contributed by atoms with Crippen LogP contribution in [0.2, 0.25) is 10.0 Å². The van der Waals surface area contributed by atoms with Crippen LogP contribution in [0, 0.1) is 0 Å². The van der Waals surface area contributed by atoms with Crippen LogP contribution in [-0.4, -0.2) is 12.6 Å². The SMILES string of the molecule is C[C@@H](N)COc1c(Cl)cccc1Cl. The Bertz CT molecular complexity index is 269. The fourth-order valence-corrected chi connectivity index (χ4v) is 1.34. The highest BCUT2D eigenvalue weighted by Gasteiger charge is 2.06. The second-order valence-electron chi connectivity index (χ2n) is 2.84. The highest BCUT2D eigenvalue weighted by Crippen LogP contribution is 2.32. The largest absolute Gasteiger partial charge is 0.489 e. The molecule has 1 atom stereocenters. The van der Waals surface area contributed by atoms with E-state index in [1.807, 2.05) is 6.92 Å². The summed E-state index contributed by atoms with van der Waals surface area (Å²) in [6.07, 6.45) is 0. The summed E-state index contributed by atoms with van der Waals surface area (Å²) in [5.41, 5.74) is 5.53. The lowest BCUT2D eigenvalue weighted by Crippen LogP contribution is -2.23. The van der Waals surface area contributed by atoms with Crippen molar-refractivity contribution in [2.45, 2.75) is 13.0 Å². The van der Waals surface area contributed by atoms with E-state index in [1.54, 1.807) is 18.2 Å². The predicted octanol–water partition coefficient (Wildman–Crippen LogP) is 2.72. The number of halogens is 2. The minimum absolute atomic E-state index is 0.0349.